The maximum atomic E-state index is 8.85. The summed E-state index contributed by atoms with van der Waals surface area (Å²) >= 11 is 3.35. The summed E-state index contributed by atoms with van der Waals surface area (Å²) < 4.78 is 0. The van der Waals surface area contributed by atoms with Crippen molar-refractivity contribution >= 4 is 15.9 Å². The number of halogens is 1. The Morgan fingerprint density at radius 1 is 1.27 bits per heavy atom. The predicted octanol–water partition coefficient (Wildman–Crippen LogP) is 3.89. The van der Waals surface area contributed by atoms with Gasteiger partial charge in [0, 0.05) is 5.33 Å². The molecule has 0 aliphatic carbocycles. The first kappa shape index (κ1) is 12.3. The number of nitriles is 1. The van der Waals surface area contributed by atoms with Gasteiger partial charge in [0.15, 0.2) is 0 Å². The number of nitrogens with zero attached hydrogens (tertiary/aromatic N) is 1. The minimum Gasteiger partial charge on any atom is -0.198 e. The van der Waals surface area contributed by atoms with Gasteiger partial charge in [-0.3, -0.25) is 0 Å². The van der Waals surface area contributed by atoms with Crippen LogP contribution in [0.4, 0.5) is 0 Å². The second kappa shape index (κ2) is 5.92. The lowest BCUT2D eigenvalue weighted by Crippen LogP contribution is -2.03. The zero-order valence-electron chi connectivity index (χ0n) is 9.20. The molecule has 0 bridgehead atoms. The van der Waals surface area contributed by atoms with Crippen LogP contribution in [0.15, 0.2) is 24.3 Å². The zero-order chi connectivity index (χ0) is 11.3. The number of benzene rings is 1. The van der Waals surface area contributed by atoms with Crippen molar-refractivity contribution in [3.05, 3.63) is 35.4 Å². The van der Waals surface area contributed by atoms with Crippen LogP contribution in [0.5, 0.6) is 0 Å². The van der Waals surface area contributed by atoms with Crippen LogP contribution in [0.3, 0.4) is 0 Å². The van der Waals surface area contributed by atoms with Gasteiger partial charge in [-0.2, -0.15) is 5.26 Å². The Kier molecular flexibility index (Phi) is 4.84. The van der Waals surface area contributed by atoms with Crippen LogP contribution >= 0.6 is 15.9 Å². The highest BCUT2D eigenvalue weighted by Gasteiger charge is 2.06. The first-order valence-corrected chi connectivity index (χ1v) is 6.34. The van der Waals surface area contributed by atoms with Crippen molar-refractivity contribution in [2.75, 3.05) is 5.33 Å². The predicted molar refractivity (Wildman–Crippen MR) is 67.1 cm³/mol. The Hall–Kier alpha value is -0.810. The minimum atomic E-state index is 0.0786. The maximum absolute atomic E-state index is 8.85. The second-order valence-corrected chi connectivity index (χ2v) is 4.73. The molecule has 0 aliphatic heterocycles. The van der Waals surface area contributed by atoms with E-state index in [-0.39, 0.29) is 5.92 Å². The molecule has 0 spiro atoms. The fourth-order valence-electron chi connectivity index (χ4n) is 1.46. The fraction of sp³-hybridized carbons (Fsp3) is 0.462. The van der Waals surface area contributed by atoms with E-state index in [4.69, 9.17) is 5.26 Å². The third kappa shape index (κ3) is 3.68. The summed E-state index contributed by atoms with van der Waals surface area (Å²) in [6.07, 6.45) is 0.833. The van der Waals surface area contributed by atoms with Gasteiger partial charge in [-0.1, -0.05) is 54.0 Å². The van der Waals surface area contributed by atoms with E-state index < -0.39 is 0 Å². The molecule has 0 saturated heterocycles. The SMILES string of the molecule is CC(C)c1ccc(CC(C#N)CBr)cc1. The van der Waals surface area contributed by atoms with Gasteiger partial charge in [-0.25, -0.2) is 0 Å². The summed E-state index contributed by atoms with van der Waals surface area (Å²) in [6.45, 7) is 4.37. The molecule has 0 amide bonds. The quantitative estimate of drug-likeness (QED) is 0.758. The lowest BCUT2D eigenvalue weighted by atomic mass is 9.98. The average molecular weight is 266 g/mol. The van der Waals surface area contributed by atoms with Gasteiger partial charge in [0.2, 0.25) is 0 Å². The van der Waals surface area contributed by atoms with Gasteiger partial charge in [-0.15, -0.1) is 0 Å². The van der Waals surface area contributed by atoms with E-state index in [2.05, 4.69) is 60.1 Å². The molecule has 0 heterocycles. The monoisotopic (exact) mass is 265 g/mol. The molecule has 0 aromatic heterocycles. The first-order valence-electron chi connectivity index (χ1n) is 5.21. The Morgan fingerprint density at radius 2 is 1.87 bits per heavy atom. The molecule has 1 rings (SSSR count). The molecule has 15 heavy (non-hydrogen) atoms. The Balaban J connectivity index is 2.69. The van der Waals surface area contributed by atoms with Crippen molar-refractivity contribution in [3.63, 3.8) is 0 Å². The Labute approximate surface area is 100 Å². The lowest BCUT2D eigenvalue weighted by Gasteiger charge is -2.08. The molecule has 0 saturated carbocycles. The smallest absolute Gasteiger partial charge is 0.0668 e. The van der Waals surface area contributed by atoms with Crippen molar-refractivity contribution in [1.82, 2.24) is 0 Å². The van der Waals surface area contributed by atoms with Crippen LogP contribution in [-0.2, 0) is 6.42 Å². The van der Waals surface area contributed by atoms with Gasteiger partial charge < -0.3 is 0 Å². The second-order valence-electron chi connectivity index (χ2n) is 4.08. The van der Waals surface area contributed by atoms with E-state index in [1.165, 1.54) is 11.1 Å². The highest BCUT2D eigenvalue weighted by molar-refractivity contribution is 9.09. The Bertz CT molecular complexity index is 335. The largest absolute Gasteiger partial charge is 0.198 e. The third-order valence-corrected chi connectivity index (χ3v) is 3.28. The van der Waals surface area contributed by atoms with Gasteiger partial charge >= 0.3 is 0 Å². The molecule has 80 valence electrons. The van der Waals surface area contributed by atoms with Gasteiger partial charge in [0.05, 0.1) is 12.0 Å². The fourth-order valence-corrected chi connectivity index (χ4v) is 1.83. The first-order chi connectivity index (χ1) is 7.17. The molecular formula is C13H16BrN. The van der Waals surface area contributed by atoms with Crippen LogP contribution in [0.25, 0.3) is 0 Å². The number of rotatable bonds is 4. The van der Waals surface area contributed by atoms with Gasteiger partial charge in [0.1, 0.15) is 0 Å². The molecule has 0 aliphatic rings. The molecule has 0 radical (unpaired) electrons. The van der Waals surface area contributed by atoms with Gasteiger partial charge in [-0.05, 0) is 23.5 Å². The molecule has 0 N–H and O–H groups in total. The molecule has 1 unspecified atom stereocenters. The van der Waals surface area contributed by atoms with Crippen molar-refractivity contribution in [2.45, 2.75) is 26.2 Å². The normalized spacial score (nSPS) is 12.5. The van der Waals surface area contributed by atoms with Crippen LogP contribution in [0.1, 0.15) is 30.9 Å². The van der Waals surface area contributed by atoms with Crippen LogP contribution < -0.4 is 0 Å². The molecule has 1 nitrogen and oxygen atoms in total. The Morgan fingerprint density at radius 3 is 2.27 bits per heavy atom. The van der Waals surface area contributed by atoms with E-state index in [0.29, 0.717) is 5.92 Å². The summed E-state index contributed by atoms with van der Waals surface area (Å²) in [5, 5.41) is 9.60. The van der Waals surface area contributed by atoms with Crippen LogP contribution in [0.2, 0.25) is 0 Å². The van der Waals surface area contributed by atoms with Crippen LogP contribution in [0, 0.1) is 17.2 Å². The number of alkyl halides is 1. The molecule has 2 heteroatoms. The third-order valence-electron chi connectivity index (χ3n) is 2.50. The molecular weight excluding hydrogens is 250 g/mol. The summed E-state index contributed by atoms with van der Waals surface area (Å²) in [7, 11) is 0. The molecule has 1 atom stereocenters. The van der Waals surface area contributed by atoms with Crippen molar-refractivity contribution in [3.8, 4) is 6.07 Å². The lowest BCUT2D eigenvalue weighted by molar-refractivity contribution is 0.754. The number of hydrogen-bond donors (Lipinski definition) is 0. The average Bonchev–Trinajstić information content (AvgIpc) is 2.26. The number of hydrogen-bond acceptors (Lipinski definition) is 1. The maximum Gasteiger partial charge on any atom is 0.0668 e. The van der Waals surface area contributed by atoms with Crippen molar-refractivity contribution < 1.29 is 0 Å². The summed E-state index contributed by atoms with van der Waals surface area (Å²) in [5.74, 6) is 0.650. The molecule has 0 fully saturated rings. The van der Waals surface area contributed by atoms with Crippen LogP contribution in [-0.4, -0.2) is 5.33 Å². The highest BCUT2D eigenvalue weighted by Crippen LogP contribution is 2.17. The van der Waals surface area contributed by atoms with E-state index in [1.54, 1.807) is 0 Å². The molecule has 1 aromatic carbocycles. The molecule has 1 aromatic rings. The highest BCUT2D eigenvalue weighted by atomic mass is 79.9. The van der Waals surface area contributed by atoms with E-state index in [1.807, 2.05) is 0 Å². The van der Waals surface area contributed by atoms with E-state index >= 15 is 0 Å². The van der Waals surface area contributed by atoms with E-state index in [9.17, 15) is 0 Å². The van der Waals surface area contributed by atoms with E-state index in [0.717, 1.165) is 11.8 Å². The van der Waals surface area contributed by atoms with Crippen molar-refractivity contribution in [2.24, 2.45) is 5.92 Å². The minimum absolute atomic E-state index is 0.0786. The summed E-state index contributed by atoms with van der Waals surface area (Å²) in [4.78, 5) is 0. The van der Waals surface area contributed by atoms with Crippen molar-refractivity contribution in [1.29, 1.82) is 5.26 Å². The zero-order valence-corrected chi connectivity index (χ0v) is 10.8. The topological polar surface area (TPSA) is 23.8 Å². The van der Waals surface area contributed by atoms with Gasteiger partial charge in [0.25, 0.3) is 0 Å². The summed E-state index contributed by atoms with van der Waals surface area (Å²) in [5.41, 5.74) is 2.59. The standard InChI is InChI=1S/C13H16BrN/c1-10(2)13-5-3-11(4-6-13)7-12(8-14)9-15/h3-6,10,12H,7-8H2,1-2H3. The summed E-state index contributed by atoms with van der Waals surface area (Å²) in [6, 6.07) is 10.9.